The average molecular weight is 370 g/mol. The number of Topliss-reactive ketones (excluding diaryl/α,β-unsaturated/α-hetero) is 1. The molecule has 0 amide bonds. The molecule has 2 saturated carbocycles. The van der Waals surface area contributed by atoms with Crippen molar-refractivity contribution in [2.45, 2.75) is 52.9 Å². The van der Waals surface area contributed by atoms with Gasteiger partial charge in [0.25, 0.3) is 0 Å². The van der Waals surface area contributed by atoms with Crippen molar-refractivity contribution >= 4 is 11.8 Å². The van der Waals surface area contributed by atoms with E-state index in [2.05, 4.69) is 5.16 Å². The quantitative estimate of drug-likeness (QED) is 0.569. The molecule has 2 heterocycles. The molecular formula is C21H26N2O4. The Balaban J connectivity index is 1.38. The van der Waals surface area contributed by atoms with Gasteiger partial charge in [0.15, 0.2) is 12.4 Å². The van der Waals surface area contributed by atoms with Crippen molar-refractivity contribution in [2.24, 2.45) is 17.8 Å². The van der Waals surface area contributed by atoms with E-state index in [9.17, 15) is 9.59 Å². The minimum absolute atomic E-state index is 0.184. The normalized spacial score (nSPS) is 23.7. The molecule has 4 rings (SSSR count). The van der Waals surface area contributed by atoms with Crippen LogP contribution in [-0.2, 0) is 9.53 Å². The lowest BCUT2D eigenvalue weighted by molar-refractivity contribution is -0.144. The number of ketones is 1. The Morgan fingerprint density at radius 1 is 1.22 bits per heavy atom. The number of fused-ring (bicyclic) bond motifs is 2. The number of nitrogens with zero attached hydrogens (tertiary/aromatic N) is 2. The molecule has 0 spiro atoms. The van der Waals surface area contributed by atoms with Crippen molar-refractivity contribution in [3.8, 4) is 5.82 Å². The van der Waals surface area contributed by atoms with Gasteiger partial charge in [-0.15, -0.1) is 0 Å². The van der Waals surface area contributed by atoms with E-state index >= 15 is 0 Å². The number of ether oxygens (including phenoxy) is 1. The van der Waals surface area contributed by atoms with Gasteiger partial charge in [-0.25, -0.2) is 0 Å². The minimum Gasteiger partial charge on any atom is -0.457 e. The lowest BCUT2D eigenvalue weighted by Gasteiger charge is -2.20. The van der Waals surface area contributed by atoms with E-state index in [0.717, 1.165) is 23.7 Å². The van der Waals surface area contributed by atoms with E-state index in [4.69, 9.17) is 9.26 Å². The Bertz CT molecular complexity index is 879. The molecule has 6 heteroatoms. The Hall–Kier alpha value is -2.37. The fraction of sp³-hybridized carbons (Fsp3) is 0.571. The third-order valence-electron chi connectivity index (χ3n) is 6.25. The van der Waals surface area contributed by atoms with Crippen LogP contribution in [-0.4, -0.2) is 28.1 Å². The molecule has 2 aromatic rings. The lowest BCUT2D eigenvalue weighted by Crippen LogP contribution is -2.20. The summed E-state index contributed by atoms with van der Waals surface area (Å²) in [7, 11) is 0. The smallest absolute Gasteiger partial charge is 0.306 e. The molecule has 3 atom stereocenters. The number of carbonyl (C=O) groups is 2. The third kappa shape index (κ3) is 3.45. The number of esters is 1. The van der Waals surface area contributed by atoms with Crippen LogP contribution in [0.2, 0.25) is 0 Å². The highest BCUT2D eigenvalue weighted by molar-refractivity contribution is 5.99. The van der Waals surface area contributed by atoms with Gasteiger partial charge in [-0.1, -0.05) is 11.6 Å². The largest absolute Gasteiger partial charge is 0.457 e. The Kier molecular flexibility index (Phi) is 4.66. The fourth-order valence-corrected chi connectivity index (χ4v) is 4.98. The van der Waals surface area contributed by atoms with Crippen molar-refractivity contribution in [1.29, 1.82) is 0 Å². The molecule has 0 aromatic carbocycles. The highest BCUT2D eigenvalue weighted by Crippen LogP contribution is 2.49. The minimum atomic E-state index is -0.248. The average Bonchev–Trinajstić information content (AvgIpc) is 3.38. The third-order valence-corrected chi connectivity index (χ3v) is 6.25. The number of aryl methyl sites for hydroxylation is 2. The summed E-state index contributed by atoms with van der Waals surface area (Å²) < 4.78 is 12.3. The van der Waals surface area contributed by atoms with Gasteiger partial charge >= 0.3 is 5.97 Å². The molecule has 27 heavy (non-hydrogen) atoms. The molecule has 0 saturated heterocycles. The first-order valence-corrected chi connectivity index (χ1v) is 9.74. The lowest BCUT2D eigenvalue weighted by atomic mass is 9.86. The molecule has 2 aliphatic carbocycles. The zero-order valence-electron chi connectivity index (χ0n) is 16.2. The molecule has 0 aliphatic heterocycles. The number of hydrogen-bond donors (Lipinski definition) is 0. The fourth-order valence-electron chi connectivity index (χ4n) is 4.98. The molecule has 0 N–H and O–H groups in total. The SMILES string of the molecule is Cc1cc(-n2c(C)cc(C(=O)COC(=O)C[C@H]3C[C@@H]4CC[C@@H]3C4)c2C)no1. The summed E-state index contributed by atoms with van der Waals surface area (Å²) in [4.78, 5) is 24.8. The highest BCUT2D eigenvalue weighted by Gasteiger charge is 2.40. The van der Waals surface area contributed by atoms with Crippen LogP contribution < -0.4 is 0 Å². The van der Waals surface area contributed by atoms with E-state index in [-0.39, 0.29) is 18.4 Å². The predicted octanol–water partition coefficient (Wildman–Crippen LogP) is 3.94. The molecule has 2 bridgehead atoms. The first-order chi connectivity index (χ1) is 12.9. The van der Waals surface area contributed by atoms with Crippen molar-refractivity contribution in [2.75, 3.05) is 6.61 Å². The van der Waals surface area contributed by atoms with Crippen LogP contribution in [0.3, 0.4) is 0 Å². The van der Waals surface area contributed by atoms with E-state index < -0.39 is 0 Å². The molecular weight excluding hydrogens is 344 g/mol. The van der Waals surface area contributed by atoms with Crippen LogP contribution in [0.1, 0.15) is 59.6 Å². The standard InChI is InChI=1S/C21H26N2O4/c1-12-6-18(14(3)23(12)20-7-13(2)27-22-20)19(24)11-26-21(25)10-17-9-15-4-5-16(17)8-15/h6-7,15-17H,4-5,8-11H2,1-3H3/t15-,16-,17-/m1/s1. The van der Waals surface area contributed by atoms with Gasteiger partial charge in [-0.05, 0) is 63.9 Å². The summed E-state index contributed by atoms with van der Waals surface area (Å²) in [6.07, 6.45) is 5.42. The molecule has 2 aliphatic rings. The van der Waals surface area contributed by atoms with Crippen LogP contribution in [0.15, 0.2) is 16.7 Å². The number of rotatable bonds is 6. The molecule has 0 radical (unpaired) electrons. The van der Waals surface area contributed by atoms with Gasteiger partial charge < -0.3 is 9.26 Å². The van der Waals surface area contributed by atoms with Gasteiger partial charge in [0, 0.05) is 29.4 Å². The maximum Gasteiger partial charge on any atom is 0.306 e. The molecule has 2 aromatic heterocycles. The summed E-state index contributed by atoms with van der Waals surface area (Å²) in [6, 6.07) is 3.63. The van der Waals surface area contributed by atoms with Crippen LogP contribution in [0, 0.1) is 38.5 Å². The summed E-state index contributed by atoms with van der Waals surface area (Å²) in [5.41, 5.74) is 2.22. The van der Waals surface area contributed by atoms with Crippen LogP contribution >= 0.6 is 0 Å². The Morgan fingerprint density at radius 2 is 2.04 bits per heavy atom. The van der Waals surface area contributed by atoms with E-state index in [1.54, 1.807) is 0 Å². The molecule has 2 fully saturated rings. The zero-order chi connectivity index (χ0) is 19.1. The van der Waals surface area contributed by atoms with Crippen LogP contribution in [0.4, 0.5) is 0 Å². The Morgan fingerprint density at radius 3 is 2.67 bits per heavy atom. The van der Waals surface area contributed by atoms with Crippen LogP contribution in [0.5, 0.6) is 0 Å². The molecule has 0 unspecified atom stereocenters. The van der Waals surface area contributed by atoms with E-state index in [0.29, 0.717) is 35.4 Å². The predicted molar refractivity (Wildman–Crippen MR) is 98.9 cm³/mol. The van der Waals surface area contributed by atoms with Crippen molar-refractivity contribution in [3.05, 3.63) is 34.8 Å². The monoisotopic (exact) mass is 370 g/mol. The topological polar surface area (TPSA) is 74.3 Å². The van der Waals surface area contributed by atoms with Gasteiger partial charge in [-0.3, -0.25) is 14.2 Å². The summed E-state index contributed by atoms with van der Waals surface area (Å²) in [6.45, 7) is 5.39. The van der Waals surface area contributed by atoms with E-state index in [1.165, 1.54) is 19.3 Å². The second-order valence-electron chi connectivity index (χ2n) is 8.14. The summed E-state index contributed by atoms with van der Waals surface area (Å²) in [5.74, 6) is 2.86. The van der Waals surface area contributed by atoms with Gasteiger partial charge in [0.2, 0.25) is 5.78 Å². The number of hydrogen-bond acceptors (Lipinski definition) is 5. The molecule has 144 valence electrons. The van der Waals surface area contributed by atoms with Crippen LogP contribution in [0.25, 0.3) is 5.82 Å². The van der Waals surface area contributed by atoms with Crippen molar-refractivity contribution in [3.63, 3.8) is 0 Å². The number of carbonyl (C=O) groups excluding carboxylic acids is 2. The maximum atomic E-state index is 12.6. The van der Waals surface area contributed by atoms with Gasteiger partial charge in [-0.2, -0.15) is 0 Å². The maximum absolute atomic E-state index is 12.6. The second kappa shape index (κ2) is 6.98. The second-order valence-corrected chi connectivity index (χ2v) is 8.14. The summed E-state index contributed by atoms with van der Waals surface area (Å²) in [5, 5.41) is 4.02. The van der Waals surface area contributed by atoms with E-state index in [1.807, 2.05) is 37.5 Å². The Labute approximate surface area is 158 Å². The molecule has 6 nitrogen and oxygen atoms in total. The zero-order valence-corrected chi connectivity index (χ0v) is 16.2. The van der Waals surface area contributed by atoms with Gasteiger partial charge in [0.05, 0.1) is 0 Å². The first kappa shape index (κ1) is 18.0. The van der Waals surface area contributed by atoms with Crippen molar-refractivity contribution in [1.82, 2.24) is 9.72 Å². The number of aromatic nitrogens is 2. The van der Waals surface area contributed by atoms with Gasteiger partial charge in [0.1, 0.15) is 5.76 Å². The first-order valence-electron chi connectivity index (χ1n) is 9.74. The summed E-state index contributed by atoms with van der Waals surface area (Å²) >= 11 is 0. The van der Waals surface area contributed by atoms with Crippen molar-refractivity contribution < 1.29 is 18.8 Å². The highest BCUT2D eigenvalue weighted by atomic mass is 16.5.